The summed E-state index contributed by atoms with van der Waals surface area (Å²) in [5.41, 5.74) is 1.31. The van der Waals surface area contributed by atoms with Crippen molar-refractivity contribution in [1.29, 1.82) is 0 Å². The van der Waals surface area contributed by atoms with E-state index in [1.54, 1.807) is 31.4 Å². The van der Waals surface area contributed by atoms with Crippen molar-refractivity contribution < 1.29 is 14.3 Å². The Bertz CT molecular complexity index is 551. The Morgan fingerprint density at radius 2 is 1.88 bits per heavy atom. The standard InChI is InChI=1S/C18H27N3O3/c1-13-8-10-21(11-9-13)17(22)15-4-6-16(7-5-15)20-18(23)19-14(2)12-24-3/h4-7,13-14H,8-12H2,1-3H3,(H2,19,20,23). The van der Waals surface area contributed by atoms with E-state index in [0.717, 1.165) is 25.9 Å². The summed E-state index contributed by atoms with van der Waals surface area (Å²) >= 11 is 0. The molecule has 0 radical (unpaired) electrons. The lowest BCUT2D eigenvalue weighted by molar-refractivity contribution is 0.0697. The van der Waals surface area contributed by atoms with E-state index in [2.05, 4.69) is 17.6 Å². The highest BCUT2D eigenvalue weighted by molar-refractivity contribution is 5.95. The topological polar surface area (TPSA) is 70.7 Å². The maximum atomic E-state index is 12.5. The molecule has 1 aromatic rings. The minimum absolute atomic E-state index is 0.0617. The number of rotatable bonds is 5. The minimum atomic E-state index is -0.288. The Morgan fingerprint density at radius 3 is 2.46 bits per heavy atom. The average molecular weight is 333 g/mol. The maximum Gasteiger partial charge on any atom is 0.319 e. The molecule has 0 aliphatic carbocycles. The first-order valence-corrected chi connectivity index (χ1v) is 8.45. The lowest BCUT2D eigenvalue weighted by Crippen LogP contribution is -2.38. The molecule has 2 N–H and O–H groups in total. The van der Waals surface area contributed by atoms with Crippen LogP contribution in [0.15, 0.2) is 24.3 Å². The maximum absolute atomic E-state index is 12.5. The number of amides is 3. The van der Waals surface area contributed by atoms with E-state index in [9.17, 15) is 9.59 Å². The van der Waals surface area contributed by atoms with Gasteiger partial charge in [0.1, 0.15) is 0 Å². The van der Waals surface area contributed by atoms with Crippen LogP contribution in [0.4, 0.5) is 10.5 Å². The molecule has 1 atom stereocenters. The van der Waals surface area contributed by atoms with E-state index in [0.29, 0.717) is 23.8 Å². The number of nitrogens with one attached hydrogen (secondary N) is 2. The van der Waals surface area contributed by atoms with Crippen molar-refractivity contribution in [2.45, 2.75) is 32.7 Å². The van der Waals surface area contributed by atoms with Crippen LogP contribution in [-0.4, -0.2) is 49.7 Å². The van der Waals surface area contributed by atoms with E-state index in [1.807, 2.05) is 11.8 Å². The van der Waals surface area contributed by atoms with Crippen molar-refractivity contribution in [3.05, 3.63) is 29.8 Å². The molecule has 1 aliphatic heterocycles. The van der Waals surface area contributed by atoms with Gasteiger partial charge in [0.2, 0.25) is 0 Å². The molecule has 1 fully saturated rings. The number of likely N-dealkylation sites (tertiary alicyclic amines) is 1. The summed E-state index contributed by atoms with van der Waals surface area (Å²) in [5.74, 6) is 0.756. The van der Waals surface area contributed by atoms with E-state index in [4.69, 9.17) is 4.74 Å². The largest absolute Gasteiger partial charge is 0.383 e. The van der Waals surface area contributed by atoms with E-state index in [-0.39, 0.29) is 18.0 Å². The molecule has 1 unspecified atom stereocenters. The predicted molar refractivity (Wildman–Crippen MR) is 94.2 cm³/mol. The first-order valence-electron chi connectivity index (χ1n) is 8.45. The second kappa shape index (κ2) is 8.68. The highest BCUT2D eigenvalue weighted by Gasteiger charge is 2.21. The van der Waals surface area contributed by atoms with Gasteiger partial charge in [-0.25, -0.2) is 4.79 Å². The Hall–Kier alpha value is -2.08. The number of anilines is 1. The number of hydrogen-bond acceptors (Lipinski definition) is 3. The third kappa shape index (κ3) is 5.23. The molecular formula is C18H27N3O3. The van der Waals surface area contributed by atoms with Gasteiger partial charge in [-0.2, -0.15) is 0 Å². The fourth-order valence-electron chi connectivity index (χ4n) is 2.77. The van der Waals surface area contributed by atoms with Crippen molar-refractivity contribution in [2.24, 2.45) is 5.92 Å². The molecule has 132 valence electrons. The number of carbonyl (C=O) groups excluding carboxylic acids is 2. The number of ether oxygens (including phenoxy) is 1. The van der Waals surface area contributed by atoms with Crippen molar-refractivity contribution in [1.82, 2.24) is 10.2 Å². The van der Waals surface area contributed by atoms with Crippen LogP contribution >= 0.6 is 0 Å². The molecule has 1 saturated heterocycles. The van der Waals surface area contributed by atoms with Gasteiger partial charge < -0.3 is 20.3 Å². The van der Waals surface area contributed by atoms with Gasteiger partial charge in [-0.3, -0.25) is 4.79 Å². The third-order valence-corrected chi connectivity index (χ3v) is 4.25. The van der Waals surface area contributed by atoms with Gasteiger partial charge in [0, 0.05) is 31.5 Å². The van der Waals surface area contributed by atoms with Gasteiger partial charge in [0.25, 0.3) is 5.91 Å². The van der Waals surface area contributed by atoms with Crippen LogP contribution in [0.1, 0.15) is 37.0 Å². The molecule has 0 spiro atoms. The summed E-state index contributed by atoms with van der Waals surface area (Å²) < 4.78 is 4.98. The number of hydrogen-bond donors (Lipinski definition) is 2. The monoisotopic (exact) mass is 333 g/mol. The zero-order chi connectivity index (χ0) is 17.5. The number of nitrogens with zero attached hydrogens (tertiary/aromatic N) is 1. The Morgan fingerprint density at radius 1 is 1.25 bits per heavy atom. The average Bonchev–Trinajstić information content (AvgIpc) is 2.55. The molecule has 3 amide bonds. The van der Waals surface area contributed by atoms with E-state index < -0.39 is 0 Å². The number of methoxy groups -OCH3 is 1. The van der Waals surface area contributed by atoms with Gasteiger partial charge >= 0.3 is 6.03 Å². The molecule has 0 aromatic heterocycles. The number of benzene rings is 1. The van der Waals surface area contributed by atoms with Crippen LogP contribution in [-0.2, 0) is 4.74 Å². The SMILES string of the molecule is COCC(C)NC(=O)Nc1ccc(C(=O)N2CCC(C)CC2)cc1. The summed E-state index contributed by atoms with van der Waals surface area (Å²) in [6.07, 6.45) is 2.12. The quantitative estimate of drug-likeness (QED) is 0.870. The van der Waals surface area contributed by atoms with Crippen LogP contribution in [0.3, 0.4) is 0 Å². The first kappa shape index (κ1) is 18.3. The van der Waals surface area contributed by atoms with Crippen LogP contribution in [0, 0.1) is 5.92 Å². The smallest absolute Gasteiger partial charge is 0.319 e. The Labute approximate surface area is 143 Å². The Balaban J connectivity index is 1.88. The number of urea groups is 1. The van der Waals surface area contributed by atoms with Crippen molar-refractivity contribution in [3.8, 4) is 0 Å². The van der Waals surface area contributed by atoms with E-state index in [1.165, 1.54) is 0 Å². The van der Waals surface area contributed by atoms with Crippen LogP contribution in [0.5, 0.6) is 0 Å². The summed E-state index contributed by atoms with van der Waals surface area (Å²) in [6, 6.07) is 6.66. The molecular weight excluding hydrogens is 306 g/mol. The number of piperidine rings is 1. The van der Waals surface area contributed by atoms with Crippen molar-refractivity contribution in [2.75, 3.05) is 32.1 Å². The lowest BCUT2D eigenvalue weighted by Gasteiger charge is -2.30. The molecule has 1 aliphatic rings. The lowest BCUT2D eigenvalue weighted by atomic mass is 9.98. The molecule has 0 bridgehead atoms. The summed E-state index contributed by atoms with van der Waals surface area (Å²) in [7, 11) is 1.59. The third-order valence-electron chi connectivity index (χ3n) is 4.25. The molecule has 6 heteroatoms. The van der Waals surface area contributed by atoms with E-state index >= 15 is 0 Å². The van der Waals surface area contributed by atoms with Gasteiger partial charge in [0.15, 0.2) is 0 Å². The highest BCUT2D eigenvalue weighted by atomic mass is 16.5. The molecule has 1 heterocycles. The second-order valence-corrected chi connectivity index (χ2v) is 6.51. The molecule has 1 aromatic carbocycles. The predicted octanol–water partition coefficient (Wildman–Crippen LogP) is 2.72. The zero-order valence-electron chi connectivity index (χ0n) is 14.7. The zero-order valence-corrected chi connectivity index (χ0v) is 14.7. The van der Waals surface area contributed by atoms with Gasteiger partial charge in [-0.1, -0.05) is 6.92 Å². The van der Waals surface area contributed by atoms with Crippen LogP contribution < -0.4 is 10.6 Å². The van der Waals surface area contributed by atoms with Gasteiger partial charge in [-0.15, -0.1) is 0 Å². The normalized spacial score (nSPS) is 16.5. The fraction of sp³-hybridized carbons (Fsp3) is 0.556. The molecule has 0 saturated carbocycles. The summed E-state index contributed by atoms with van der Waals surface area (Å²) in [6.45, 7) is 6.18. The minimum Gasteiger partial charge on any atom is -0.383 e. The van der Waals surface area contributed by atoms with Crippen molar-refractivity contribution in [3.63, 3.8) is 0 Å². The molecule has 2 rings (SSSR count). The first-order chi connectivity index (χ1) is 11.5. The fourth-order valence-corrected chi connectivity index (χ4v) is 2.77. The van der Waals surface area contributed by atoms with Crippen LogP contribution in [0.25, 0.3) is 0 Å². The molecule has 24 heavy (non-hydrogen) atoms. The highest BCUT2D eigenvalue weighted by Crippen LogP contribution is 2.19. The van der Waals surface area contributed by atoms with Crippen molar-refractivity contribution >= 4 is 17.6 Å². The van der Waals surface area contributed by atoms with Gasteiger partial charge in [-0.05, 0) is 49.9 Å². The van der Waals surface area contributed by atoms with Crippen LogP contribution in [0.2, 0.25) is 0 Å². The molecule has 6 nitrogen and oxygen atoms in total. The van der Waals surface area contributed by atoms with Gasteiger partial charge in [0.05, 0.1) is 12.6 Å². The second-order valence-electron chi connectivity index (χ2n) is 6.51. The summed E-state index contributed by atoms with van der Waals surface area (Å²) in [5, 5.41) is 5.52. The number of carbonyl (C=O) groups is 2. The summed E-state index contributed by atoms with van der Waals surface area (Å²) in [4.78, 5) is 26.2. The Kier molecular flexibility index (Phi) is 6.61.